The number of rotatable bonds is 9. The van der Waals surface area contributed by atoms with Crippen molar-refractivity contribution < 1.29 is 9.30 Å². The number of aromatic nitrogens is 2. The fourth-order valence-electron chi connectivity index (χ4n) is 2.51. The Morgan fingerprint density at radius 3 is 2.65 bits per heavy atom. The molecule has 1 aromatic heterocycles. The summed E-state index contributed by atoms with van der Waals surface area (Å²) in [6.07, 6.45) is 6.04. The van der Waals surface area contributed by atoms with Gasteiger partial charge in [-0.1, -0.05) is 5.11 Å². The van der Waals surface area contributed by atoms with Gasteiger partial charge in [0.25, 0.3) is 0 Å². The van der Waals surface area contributed by atoms with Crippen LogP contribution in [-0.4, -0.2) is 17.7 Å². The van der Waals surface area contributed by atoms with Crippen LogP contribution in [0.2, 0.25) is 0 Å². The number of hydrogen-bond donors (Lipinski definition) is 0. The third-order valence-corrected chi connectivity index (χ3v) is 3.78. The monoisotopic (exact) mass is 320 g/mol. The van der Waals surface area contributed by atoms with E-state index in [4.69, 9.17) is 10.3 Å². The minimum Gasteiger partial charge on any atom is -0.498 e. The molecule has 0 saturated heterocycles. The van der Waals surface area contributed by atoms with Crippen LogP contribution in [0.1, 0.15) is 70.9 Å². The summed E-state index contributed by atoms with van der Waals surface area (Å²) < 4.78 is 10.4. The number of ether oxygens (including phenoxy) is 1. The first-order valence-electron chi connectivity index (χ1n) is 8.33. The molecule has 0 saturated carbocycles. The highest BCUT2D eigenvalue weighted by atomic mass is 16.5. The highest BCUT2D eigenvalue weighted by Crippen LogP contribution is 2.16. The van der Waals surface area contributed by atoms with E-state index in [0.29, 0.717) is 25.2 Å². The van der Waals surface area contributed by atoms with Crippen LogP contribution in [0.3, 0.4) is 0 Å². The predicted octanol–water partition coefficient (Wildman–Crippen LogP) is 4.71. The van der Waals surface area contributed by atoms with Gasteiger partial charge in [-0.25, -0.2) is 9.13 Å². The zero-order valence-electron chi connectivity index (χ0n) is 15.3. The van der Waals surface area contributed by atoms with Gasteiger partial charge in [0.15, 0.2) is 5.69 Å². The Morgan fingerprint density at radius 2 is 2.09 bits per heavy atom. The number of hydrogen-bond acceptors (Lipinski definition) is 2. The Bertz CT molecular complexity index is 580. The third-order valence-electron chi connectivity index (χ3n) is 3.78. The van der Waals surface area contributed by atoms with Gasteiger partial charge in [-0.15, -0.1) is 0 Å². The molecule has 6 heteroatoms. The number of imidazole rings is 1. The molecule has 0 amide bonds. The van der Waals surface area contributed by atoms with Crippen LogP contribution in [0.15, 0.2) is 17.2 Å². The number of allylic oxidation sites excluding steroid dienone is 1. The molecule has 0 aromatic carbocycles. The first-order valence-corrected chi connectivity index (χ1v) is 8.33. The Hall–Kier alpha value is -1.94. The van der Waals surface area contributed by atoms with Gasteiger partial charge < -0.3 is 4.74 Å². The molecule has 0 fully saturated rings. The standard InChI is InChI=1S/C17H30N5O/c1-13(2)21-12-22(14(3)4)17(16(21)6)11-15(5)23-10-8-7-9-19-20-18/h11-14H,7-10H2,1-6H3/q+1/b15-11+. The van der Waals surface area contributed by atoms with Crippen LogP contribution >= 0.6 is 0 Å². The summed E-state index contributed by atoms with van der Waals surface area (Å²) in [5.41, 5.74) is 10.7. The average Bonchev–Trinajstić information content (AvgIpc) is 2.80. The second-order valence-electron chi connectivity index (χ2n) is 6.35. The summed E-state index contributed by atoms with van der Waals surface area (Å²) in [5, 5.41) is 3.52. The molecule has 0 aliphatic carbocycles. The molecule has 0 spiro atoms. The molecule has 0 radical (unpaired) electrons. The molecule has 1 rings (SSSR count). The lowest BCUT2D eigenvalue weighted by atomic mass is 10.2. The van der Waals surface area contributed by atoms with Gasteiger partial charge in [-0.3, -0.25) is 0 Å². The van der Waals surface area contributed by atoms with Crippen LogP contribution in [0.5, 0.6) is 0 Å². The molecule has 0 bridgehead atoms. The smallest absolute Gasteiger partial charge is 0.244 e. The Morgan fingerprint density at radius 1 is 1.39 bits per heavy atom. The van der Waals surface area contributed by atoms with Crippen molar-refractivity contribution in [3.05, 3.63) is 33.9 Å². The lowest BCUT2D eigenvalue weighted by Crippen LogP contribution is -2.37. The molecule has 0 N–H and O–H groups in total. The van der Waals surface area contributed by atoms with Crippen LogP contribution < -0.4 is 4.57 Å². The maximum Gasteiger partial charge on any atom is 0.244 e. The van der Waals surface area contributed by atoms with E-state index in [0.717, 1.165) is 18.6 Å². The number of azide groups is 1. The maximum absolute atomic E-state index is 8.23. The quantitative estimate of drug-likeness (QED) is 0.162. The van der Waals surface area contributed by atoms with Crippen molar-refractivity contribution in [2.24, 2.45) is 5.11 Å². The molecule has 0 aliphatic rings. The van der Waals surface area contributed by atoms with Gasteiger partial charge in [-0.2, -0.15) is 0 Å². The predicted molar refractivity (Wildman–Crippen MR) is 93.0 cm³/mol. The van der Waals surface area contributed by atoms with E-state index < -0.39 is 0 Å². The van der Waals surface area contributed by atoms with E-state index in [2.05, 4.69) is 66.2 Å². The largest absolute Gasteiger partial charge is 0.498 e. The highest BCUT2D eigenvalue weighted by Gasteiger charge is 2.22. The number of unbranched alkanes of at least 4 members (excludes halogenated alkanes) is 1. The van der Waals surface area contributed by atoms with E-state index in [1.807, 2.05) is 6.92 Å². The second kappa shape index (κ2) is 9.26. The molecule has 0 atom stereocenters. The summed E-state index contributed by atoms with van der Waals surface area (Å²) in [6, 6.07) is 0.834. The minimum atomic E-state index is 0.400. The van der Waals surface area contributed by atoms with E-state index in [1.165, 1.54) is 11.4 Å². The maximum atomic E-state index is 8.23. The van der Waals surface area contributed by atoms with Crippen molar-refractivity contribution in [1.82, 2.24) is 4.57 Å². The zero-order valence-corrected chi connectivity index (χ0v) is 15.3. The molecule has 128 valence electrons. The van der Waals surface area contributed by atoms with E-state index in [9.17, 15) is 0 Å². The van der Waals surface area contributed by atoms with E-state index in [1.54, 1.807) is 0 Å². The molecule has 1 heterocycles. The summed E-state index contributed by atoms with van der Waals surface area (Å²) >= 11 is 0. The lowest BCUT2D eigenvalue weighted by Gasteiger charge is -2.07. The van der Waals surface area contributed by atoms with Gasteiger partial charge in [0.2, 0.25) is 6.33 Å². The highest BCUT2D eigenvalue weighted by molar-refractivity contribution is 5.46. The normalized spacial score (nSPS) is 11.9. The Kier molecular flexibility index (Phi) is 7.69. The molecule has 0 unspecified atom stereocenters. The van der Waals surface area contributed by atoms with Crippen LogP contribution in [0.4, 0.5) is 0 Å². The topological polar surface area (TPSA) is 66.8 Å². The molecule has 1 aromatic rings. The fraction of sp³-hybridized carbons (Fsp3) is 0.706. The van der Waals surface area contributed by atoms with Gasteiger partial charge in [0.05, 0.1) is 24.4 Å². The first-order chi connectivity index (χ1) is 10.9. The van der Waals surface area contributed by atoms with Crippen molar-refractivity contribution >= 4 is 6.08 Å². The van der Waals surface area contributed by atoms with Crippen LogP contribution in [-0.2, 0) is 4.74 Å². The fourth-order valence-corrected chi connectivity index (χ4v) is 2.51. The second-order valence-corrected chi connectivity index (χ2v) is 6.35. The van der Waals surface area contributed by atoms with Crippen LogP contribution in [0, 0.1) is 6.92 Å². The van der Waals surface area contributed by atoms with Crippen molar-refractivity contribution in [2.75, 3.05) is 13.2 Å². The van der Waals surface area contributed by atoms with Crippen molar-refractivity contribution in [2.45, 2.75) is 66.5 Å². The summed E-state index contributed by atoms with van der Waals surface area (Å²) in [7, 11) is 0. The summed E-state index contributed by atoms with van der Waals surface area (Å²) in [4.78, 5) is 2.74. The Labute approximate surface area is 139 Å². The Balaban J connectivity index is 2.78. The third kappa shape index (κ3) is 5.64. The average molecular weight is 320 g/mol. The molecular weight excluding hydrogens is 290 g/mol. The lowest BCUT2D eigenvalue weighted by molar-refractivity contribution is -0.717. The molecular formula is C17H30N5O+. The summed E-state index contributed by atoms with van der Waals surface area (Å²) in [5.74, 6) is 0.910. The molecule has 23 heavy (non-hydrogen) atoms. The van der Waals surface area contributed by atoms with E-state index in [-0.39, 0.29) is 0 Å². The summed E-state index contributed by atoms with van der Waals surface area (Å²) in [6.45, 7) is 14.1. The van der Waals surface area contributed by atoms with Crippen molar-refractivity contribution in [1.29, 1.82) is 0 Å². The zero-order chi connectivity index (χ0) is 17.4. The van der Waals surface area contributed by atoms with Gasteiger partial charge >= 0.3 is 0 Å². The molecule has 0 aliphatic heterocycles. The van der Waals surface area contributed by atoms with Crippen molar-refractivity contribution in [3.8, 4) is 0 Å². The minimum absolute atomic E-state index is 0.400. The van der Waals surface area contributed by atoms with Gasteiger partial charge in [0, 0.05) is 24.5 Å². The van der Waals surface area contributed by atoms with Gasteiger partial charge in [0.1, 0.15) is 5.69 Å². The first kappa shape index (κ1) is 19.1. The molecule has 6 nitrogen and oxygen atoms in total. The van der Waals surface area contributed by atoms with Gasteiger partial charge in [-0.05, 0) is 53.0 Å². The SMILES string of the molecule is C/C(=C\c1c(C)n(C(C)C)c[n+]1C(C)C)OCCCCN=[N+]=[N-]. The number of nitrogens with zero attached hydrogens (tertiary/aromatic N) is 5. The van der Waals surface area contributed by atoms with Crippen LogP contribution in [0.25, 0.3) is 16.5 Å². The van der Waals surface area contributed by atoms with E-state index >= 15 is 0 Å². The van der Waals surface area contributed by atoms with Crippen molar-refractivity contribution in [3.63, 3.8) is 0 Å².